The van der Waals surface area contributed by atoms with E-state index in [1.807, 2.05) is 28.9 Å². The first-order valence-corrected chi connectivity index (χ1v) is 14.6. The lowest BCUT2D eigenvalue weighted by Gasteiger charge is -2.46. The van der Waals surface area contributed by atoms with E-state index in [9.17, 15) is 14.4 Å². The van der Waals surface area contributed by atoms with Gasteiger partial charge in [-0.15, -0.1) is 5.10 Å². The molecule has 0 spiro atoms. The monoisotopic (exact) mass is 570 g/mol. The molecule has 1 saturated carbocycles. The molecular weight excluding hydrogens is 532 g/mol. The first-order valence-electron chi connectivity index (χ1n) is 14.2. The Morgan fingerprint density at radius 3 is 2.75 bits per heavy atom. The van der Waals surface area contributed by atoms with E-state index >= 15 is 0 Å². The van der Waals surface area contributed by atoms with Crippen molar-refractivity contribution >= 4 is 29.3 Å². The molecule has 0 radical (unpaired) electrons. The molecule has 40 heavy (non-hydrogen) atoms. The third kappa shape index (κ3) is 5.30. The Bertz CT molecular complexity index is 1300. The number of likely N-dealkylation sites (tertiary alicyclic amines) is 1. The van der Waals surface area contributed by atoms with Gasteiger partial charge in [-0.25, -0.2) is 0 Å². The van der Waals surface area contributed by atoms with E-state index in [1.165, 1.54) is 0 Å². The summed E-state index contributed by atoms with van der Waals surface area (Å²) in [4.78, 5) is 44.2. The number of nitrogens with one attached hydrogen (secondary N) is 1. The summed E-state index contributed by atoms with van der Waals surface area (Å²) in [6.07, 6.45) is 5.99. The van der Waals surface area contributed by atoms with E-state index in [2.05, 4.69) is 22.6 Å². The lowest BCUT2D eigenvalue weighted by Crippen LogP contribution is -2.54. The summed E-state index contributed by atoms with van der Waals surface area (Å²) in [6, 6.07) is 3.22. The number of ether oxygens (including phenoxy) is 1. The number of rotatable bonds is 7. The van der Waals surface area contributed by atoms with Gasteiger partial charge in [0.15, 0.2) is 0 Å². The largest absolute Gasteiger partial charge is 0.487 e. The van der Waals surface area contributed by atoms with Crippen molar-refractivity contribution < 1.29 is 19.1 Å². The molecule has 5 rings (SSSR count). The van der Waals surface area contributed by atoms with Crippen molar-refractivity contribution in [1.29, 1.82) is 0 Å². The Kier molecular flexibility index (Phi) is 8.08. The van der Waals surface area contributed by atoms with Crippen molar-refractivity contribution in [2.24, 2.45) is 24.3 Å². The van der Waals surface area contributed by atoms with Crippen LogP contribution in [0.3, 0.4) is 0 Å². The first-order chi connectivity index (χ1) is 19.1. The summed E-state index contributed by atoms with van der Waals surface area (Å²) in [7, 11) is 3.43. The normalized spacial score (nSPS) is 26.5. The Balaban J connectivity index is 1.53. The minimum atomic E-state index is -0.785. The predicted octanol–water partition coefficient (Wildman–Crippen LogP) is 3.28. The second-order valence-corrected chi connectivity index (χ2v) is 12.2. The van der Waals surface area contributed by atoms with E-state index in [0.717, 1.165) is 24.0 Å². The van der Waals surface area contributed by atoms with Crippen LogP contribution in [0.15, 0.2) is 18.3 Å². The van der Waals surface area contributed by atoms with Crippen molar-refractivity contribution in [3.05, 3.63) is 40.2 Å². The molecule has 3 heterocycles. The maximum absolute atomic E-state index is 14.5. The van der Waals surface area contributed by atoms with Gasteiger partial charge in [0.25, 0.3) is 0 Å². The van der Waals surface area contributed by atoms with Crippen LogP contribution in [0.25, 0.3) is 0 Å². The SMILES string of the molecule is CNC(=O)[C@@]1(C)CCCC[C@H]1C(=O)N1CCc2c(Cl)ccc(OCc3cn(C)nn3)c2C1CN1C[C@H](C)CC1=O. The number of hydrogen-bond acceptors (Lipinski definition) is 6. The highest BCUT2D eigenvalue weighted by Crippen LogP contribution is 2.46. The van der Waals surface area contributed by atoms with Crippen LogP contribution in [0.4, 0.5) is 0 Å². The fourth-order valence-corrected chi connectivity index (χ4v) is 7.07. The minimum absolute atomic E-state index is 0.0407. The van der Waals surface area contributed by atoms with Crippen LogP contribution in [0.1, 0.15) is 68.8 Å². The van der Waals surface area contributed by atoms with Gasteiger partial charge in [0.2, 0.25) is 17.7 Å². The van der Waals surface area contributed by atoms with Crippen LogP contribution in [0.5, 0.6) is 5.75 Å². The summed E-state index contributed by atoms with van der Waals surface area (Å²) in [6.45, 7) is 5.65. The van der Waals surface area contributed by atoms with Gasteiger partial charge in [0.05, 0.1) is 23.6 Å². The molecule has 1 aromatic carbocycles. The molecule has 2 aromatic rings. The van der Waals surface area contributed by atoms with Gasteiger partial charge in [-0.3, -0.25) is 19.1 Å². The van der Waals surface area contributed by atoms with Crippen LogP contribution < -0.4 is 10.1 Å². The molecular formula is C29H39ClN6O4. The molecule has 1 aliphatic carbocycles. The zero-order chi connectivity index (χ0) is 28.6. The highest BCUT2D eigenvalue weighted by molar-refractivity contribution is 6.31. The van der Waals surface area contributed by atoms with Crippen molar-refractivity contribution in [2.45, 2.75) is 65.0 Å². The van der Waals surface area contributed by atoms with Gasteiger partial charge in [-0.05, 0) is 49.8 Å². The number of aromatic nitrogens is 3. The third-order valence-electron chi connectivity index (χ3n) is 8.93. The van der Waals surface area contributed by atoms with Gasteiger partial charge in [0, 0.05) is 50.7 Å². The fourth-order valence-electron chi connectivity index (χ4n) is 6.81. The first kappa shape index (κ1) is 28.4. The van der Waals surface area contributed by atoms with Gasteiger partial charge in [-0.1, -0.05) is 36.6 Å². The quantitative estimate of drug-likeness (QED) is 0.547. The predicted molar refractivity (Wildman–Crippen MR) is 149 cm³/mol. The maximum atomic E-state index is 14.5. The molecule has 4 atom stereocenters. The number of hydrogen-bond donors (Lipinski definition) is 1. The molecule has 11 heteroatoms. The Morgan fingerprint density at radius 1 is 1.27 bits per heavy atom. The summed E-state index contributed by atoms with van der Waals surface area (Å²) < 4.78 is 7.91. The smallest absolute Gasteiger partial charge is 0.227 e. The lowest BCUT2D eigenvalue weighted by atomic mass is 9.66. The zero-order valence-corrected chi connectivity index (χ0v) is 24.5. The fraction of sp³-hybridized carbons (Fsp3) is 0.621. The second-order valence-electron chi connectivity index (χ2n) is 11.8. The third-order valence-corrected chi connectivity index (χ3v) is 9.29. The number of halogens is 1. The molecule has 2 fully saturated rings. The average molecular weight is 571 g/mol. The zero-order valence-electron chi connectivity index (χ0n) is 23.8. The van der Waals surface area contributed by atoms with Gasteiger partial charge < -0.3 is 19.9 Å². The topological polar surface area (TPSA) is 110 Å². The number of benzene rings is 1. The number of carbonyl (C=O) groups excluding carboxylic acids is 3. The van der Waals surface area contributed by atoms with E-state index in [0.29, 0.717) is 61.8 Å². The molecule has 216 valence electrons. The van der Waals surface area contributed by atoms with Crippen LogP contribution >= 0.6 is 11.6 Å². The minimum Gasteiger partial charge on any atom is -0.487 e. The second kappa shape index (κ2) is 11.4. The van der Waals surface area contributed by atoms with Crippen molar-refractivity contribution in [2.75, 3.05) is 26.7 Å². The number of amides is 3. The molecule has 2 aliphatic heterocycles. The Morgan fingerprint density at radius 2 is 2.08 bits per heavy atom. The average Bonchev–Trinajstić information content (AvgIpc) is 3.50. The van der Waals surface area contributed by atoms with Gasteiger partial charge in [-0.2, -0.15) is 0 Å². The highest BCUT2D eigenvalue weighted by atomic mass is 35.5. The molecule has 10 nitrogen and oxygen atoms in total. The molecule has 1 aromatic heterocycles. The molecule has 1 N–H and O–H groups in total. The van der Waals surface area contributed by atoms with E-state index in [-0.39, 0.29) is 30.2 Å². The Labute approximate surface area is 240 Å². The van der Waals surface area contributed by atoms with Crippen LogP contribution in [0.2, 0.25) is 5.02 Å². The number of carbonyl (C=O) groups is 3. The molecule has 3 amide bonds. The van der Waals surface area contributed by atoms with Gasteiger partial charge >= 0.3 is 0 Å². The van der Waals surface area contributed by atoms with Crippen LogP contribution in [0, 0.1) is 17.3 Å². The molecule has 3 aliphatic rings. The van der Waals surface area contributed by atoms with E-state index in [1.54, 1.807) is 25.0 Å². The van der Waals surface area contributed by atoms with Gasteiger partial charge in [0.1, 0.15) is 18.1 Å². The van der Waals surface area contributed by atoms with E-state index < -0.39 is 17.4 Å². The maximum Gasteiger partial charge on any atom is 0.227 e. The van der Waals surface area contributed by atoms with Crippen molar-refractivity contribution in [1.82, 2.24) is 30.1 Å². The van der Waals surface area contributed by atoms with Crippen LogP contribution in [-0.4, -0.2) is 69.2 Å². The summed E-state index contributed by atoms with van der Waals surface area (Å²) in [5.41, 5.74) is 1.66. The van der Waals surface area contributed by atoms with Crippen molar-refractivity contribution in [3.63, 3.8) is 0 Å². The summed E-state index contributed by atoms with van der Waals surface area (Å²) in [5, 5.41) is 11.5. The summed E-state index contributed by atoms with van der Waals surface area (Å²) in [5.74, 6) is 0.372. The van der Waals surface area contributed by atoms with E-state index in [4.69, 9.17) is 16.3 Å². The molecule has 1 saturated heterocycles. The number of nitrogens with zero attached hydrogens (tertiary/aromatic N) is 5. The standard InChI is InChI=1S/C29H39ClN6O4/c1-18-13-25(37)35(14-18)16-23-26-20(22(30)8-9-24(26)40-17-19-15-34(4)33-32-19)10-12-36(23)27(38)21-7-5-6-11-29(21,2)28(39)31-3/h8-9,15,18,21,23H,5-7,10-14,16-17H2,1-4H3,(H,31,39)/t18-,21+,23?,29+/m1/s1. The highest BCUT2D eigenvalue weighted by Gasteiger charge is 2.49. The lowest BCUT2D eigenvalue weighted by molar-refractivity contribution is -0.153. The molecule has 1 unspecified atom stereocenters. The Hall–Kier alpha value is -3.14. The molecule has 0 bridgehead atoms. The van der Waals surface area contributed by atoms with Crippen LogP contribution in [-0.2, 0) is 34.5 Å². The van der Waals surface area contributed by atoms with Crippen molar-refractivity contribution in [3.8, 4) is 5.75 Å². The number of aryl methyl sites for hydroxylation is 1. The summed E-state index contributed by atoms with van der Waals surface area (Å²) >= 11 is 6.73. The number of fused-ring (bicyclic) bond motifs is 1.